The number of aromatic nitrogens is 4. The molecule has 12 rings (SSSR count). The smallest absolute Gasteiger partial charge is 0.164 e. The van der Waals surface area contributed by atoms with Gasteiger partial charge in [0, 0.05) is 49.3 Å². The Kier molecular flexibility index (Phi) is 8.75. The van der Waals surface area contributed by atoms with Crippen LogP contribution in [0.1, 0.15) is 30.8 Å². The third-order valence-corrected chi connectivity index (χ3v) is 13.2. The molecular formula is C60H42N4O. The van der Waals surface area contributed by atoms with Crippen LogP contribution in [-0.2, 0) is 5.41 Å². The molecule has 3 aromatic heterocycles. The second kappa shape index (κ2) is 14.9. The summed E-state index contributed by atoms with van der Waals surface area (Å²) in [6.45, 7) is 12.7. The molecule has 1 aliphatic carbocycles. The molecule has 0 atom stereocenters. The quantitative estimate of drug-likeness (QED) is 0.143. The van der Waals surface area contributed by atoms with Crippen molar-refractivity contribution in [1.29, 1.82) is 0 Å². The van der Waals surface area contributed by atoms with Gasteiger partial charge in [0.2, 0.25) is 0 Å². The van der Waals surface area contributed by atoms with E-state index in [4.69, 9.17) is 19.4 Å². The molecule has 11 aromatic rings. The van der Waals surface area contributed by atoms with Gasteiger partial charge >= 0.3 is 0 Å². The lowest BCUT2D eigenvalue weighted by atomic mass is 9.82. The Labute approximate surface area is 377 Å². The molecule has 3 heterocycles. The molecule has 0 N–H and O–H groups in total. The van der Waals surface area contributed by atoms with Crippen molar-refractivity contribution in [1.82, 2.24) is 19.5 Å². The molecule has 0 amide bonds. The summed E-state index contributed by atoms with van der Waals surface area (Å²) in [5.41, 5.74) is 17.2. The molecular weight excluding hydrogens is 793 g/mol. The van der Waals surface area contributed by atoms with Gasteiger partial charge in [0.25, 0.3) is 0 Å². The maximum absolute atomic E-state index is 6.62. The van der Waals surface area contributed by atoms with E-state index >= 15 is 0 Å². The maximum Gasteiger partial charge on any atom is 0.164 e. The number of benzene rings is 8. The Morgan fingerprint density at radius 1 is 0.508 bits per heavy atom. The molecule has 1 aliphatic rings. The van der Waals surface area contributed by atoms with E-state index in [1.165, 1.54) is 44.1 Å². The predicted molar refractivity (Wildman–Crippen MR) is 269 cm³/mol. The maximum atomic E-state index is 6.62. The number of rotatable bonds is 8. The van der Waals surface area contributed by atoms with Crippen molar-refractivity contribution in [3.63, 3.8) is 0 Å². The average Bonchev–Trinajstić information content (AvgIpc) is 3.97. The predicted octanol–water partition coefficient (Wildman–Crippen LogP) is 15.6. The number of para-hydroxylation sites is 1. The monoisotopic (exact) mass is 834 g/mol. The van der Waals surface area contributed by atoms with E-state index in [1.807, 2.05) is 42.5 Å². The number of furan rings is 1. The Morgan fingerprint density at radius 3 is 1.95 bits per heavy atom. The summed E-state index contributed by atoms with van der Waals surface area (Å²) in [5, 5.41) is 4.52. The topological polar surface area (TPSA) is 56.7 Å². The first kappa shape index (κ1) is 38.3. The summed E-state index contributed by atoms with van der Waals surface area (Å²) in [4.78, 5) is 15.0. The van der Waals surface area contributed by atoms with Crippen molar-refractivity contribution in [2.45, 2.75) is 19.3 Å². The van der Waals surface area contributed by atoms with Crippen molar-refractivity contribution >= 4 is 49.3 Å². The second-order valence-electron chi connectivity index (χ2n) is 17.3. The first-order chi connectivity index (χ1) is 31.9. The van der Waals surface area contributed by atoms with Gasteiger partial charge in [0.05, 0.1) is 11.0 Å². The minimum absolute atomic E-state index is 0.109. The normalized spacial score (nSPS) is 13.1. The standard InChI is InChI=1S/C60H42N4O/c1-5-18-37(6-2)57-61-58(38-19-9-7-10-20-38)63-59(62-57)45-25-14-13-23-42(45)44-26-17-28-55-56(44)49-34-40(30-32-54(49)65-55)39-29-31-52-47(33-39)48-35-46-43-24-15-16-27-50(43)60(3,4)51(46)36-53(48)64(52)41-21-11-8-12-22-41/h5-36H,1-2H2,3-4H3/b37-18+. The molecule has 0 unspecified atom stereocenters. The SMILES string of the molecule is C=C/C=C(\C=C)c1nc(-c2ccccc2)nc(-c2ccccc2-c2cccc3oc4ccc(-c5ccc6c(c5)c5cc7c(cc5n6-c5ccccc5)C(C)(C)c5ccccc5-7)cc4c23)n1. The fraction of sp³-hybridized carbons (Fsp3) is 0.0500. The molecule has 5 heteroatoms. The molecule has 0 fully saturated rings. The molecule has 0 spiro atoms. The van der Waals surface area contributed by atoms with Crippen molar-refractivity contribution in [2.75, 3.05) is 0 Å². The molecule has 5 nitrogen and oxygen atoms in total. The fourth-order valence-corrected chi connectivity index (χ4v) is 10.1. The lowest BCUT2D eigenvalue weighted by molar-refractivity contribution is 0.661. The number of allylic oxidation sites excluding steroid dienone is 4. The molecule has 0 bridgehead atoms. The zero-order chi connectivity index (χ0) is 43.8. The highest BCUT2D eigenvalue weighted by Crippen LogP contribution is 2.51. The van der Waals surface area contributed by atoms with Gasteiger partial charge in [0.1, 0.15) is 11.2 Å². The largest absolute Gasteiger partial charge is 0.456 e. The average molecular weight is 835 g/mol. The fourth-order valence-electron chi connectivity index (χ4n) is 10.1. The Hall–Kier alpha value is -8.41. The number of nitrogens with zero attached hydrogens (tertiary/aromatic N) is 4. The van der Waals surface area contributed by atoms with E-state index in [0.29, 0.717) is 17.5 Å². The molecule has 308 valence electrons. The number of fused-ring (bicyclic) bond motifs is 9. The van der Waals surface area contributed by atoms with Crippen LogP contribution in [-0.4, -0.2) is 19.5 Å². The number of hydrogen-bond acceptors (Lipinski definition) is 4. The summed E-state index contributed by atoms with van der Waals surface area (Å²) >= 11 is 0. The van der Waals surface area contributed by atoms with Gasteiger partial charge in [-0.3, -0.25) is 0 Å². The van der Waals surface area contributed by atoms with Gasteiger partial charge in [-0.05, 0) is 99.1 Å². The molecule has 65 heavy (non-hydrogen) atoms. The second-order valence-corrected chi connectivity index (χ2v) is 17.3. The van der Waals surface area contributed by atoms with Gasteiger partial charge in [-0.15, -0.1) is 0 Å². The van der Waals surface area contributed by atoms with E-state index in [1.54, 1.807) is 12.2 Å². The molecule has 0 saturated carbocycles. The van der Waals surface area contributed by atoms with Gasteiger partial charge in [-0.25, -0.2) is 15.0 Å². The molecule has 8 aromatic carbocycles. The van der Waals surface area contributed by atoms with E-state index in [-0.39, 0.29) is 5.41 Å². The van der Waals surface area contributed by atoms with Gasteiger partial charge in [0.15, 0.2) is 17.5 Å². The van der Waals surface area contributed by atoms with Crippen LogP contribution in [0.2, 0.25) is 0 Å². The minimum atomic E-state index is -0.109. The van der Waals surface area contributed by atoms with Crippen LogP contribution in [0.25, 0.3) is 111 Å². The molecule has 0 aliphatic heterocycles. The highest BCUT2D eigenvalue weighted by atomic mass is 16.3. The molecule has 0 saturated heterocycles. The third-order valence-electron chi connectivity index (χ3n) is 13.2. The summed E-state index contributed by atoms with van der Waals surface area (Å²) in [6, 6.07) is 62.6. The van der Waals surface area contributed by atoms with E-state index in [2.05, 4.69) is 171 Å². The van der Waals surface area contributed by atoms with Crippen LogP contribution in [0.5, 0.6) is 0 Å². The van der Waals surface area contributed by atoms with Gasteiger partial charge in [-0.1, -0.05) is 167 Å². The number of hydrogen-bond donors (Lipinski definition) is 0. The Balaban J connectivity index is 1.04. The van der Waals surface area contributed by atoms with Crippen molar-refractivity contribution in [3.8, 4) is 61.8 Å². The zero-order valence-corrected chi connectivity index (χ0v) is 36.1. The van der Waals surface area contributed by atoms with E-state index in [9.17, 15) is 0 Å². The Bertz CT molecular complexity index is 3780. The van der Waals surface area contributed by atoms with Crippen molar-refractivity contribution in [3.05, 3.63) is 224 Å². The van der Waals surface area contributed by atoms with Crippen LogP contribution in [0, 0.1) is 0 Å². The highest BCUT2D eigenvalue weighted by Gasteiger charge is 2.36. The summed E-state index contributed by atoms with van der Waals surface area (Å²) in [7, 11) is 0. The minimum Gasteiger partial charge on any atom is -0.456 e. The van der Waals surface area contributed by atoms with Crippen LogP contribution in [0.15, 0.2) is 212 Å². The van der Waals surface area contributed by atoms with Gasteiger partial charge < -0.3 is 8.98 Å². The lowest BCUT2D eigenvalue weighted by Gasteiger charge is -2.21. The van der Waals surface area contributed by atoms with Crippen molar-refractivity contribution in [2.24, 2.45) is 0 Å². The van der Waals surface area contributed by atoms with Crippen LogP contribution in [0.4, 0.5) is 0 Å². The summed E-state index contributed by atoms with van der Waals surface area (Å²) in [5.74, 6) is 1.67. The first-order valence-electron chi connectivity index (χ1n) is 22.0. The highest BCUT2D eigenvalue weighted by molar-refractivity contribution is 6.16. The first-order valence-corrected chi connectivity index (χ1v) is 22.0. The Morgan fingerprint density at radius 2 is 1.17 bits per heavy atom. The van der Waals surface area contributed by atoms with Gasteiger partial charge in [-0.2, -0.15) is 0 Å². The third kappa shape index (κ3) is 6.04. The lowest BCUT2D eigenvalue weighted by Crippen LogP contribution is -2.14. The van der Waals surface area contributed by atoms with E-state index < -0.39 is 0 Å². The van der Waals surface area contributed by atoms with Crippen LogP contribution < -0.4 is 0 Å². The van der Waals surface area contributed by atoms with Crippen molar-refractivity contribution < 1.29 is 4.42 Å². The van der Waals surface area contributed by atoms with E-state index in [0.717, 1.165) is 66.6 Å². The van der Waals surface area contributed by atoms with Crippen LogP contribution >= 0.6 is 0 Å². The molecule has 0 radical (unpaired) electrons. The zero-order valence-electron chi connectivity index (χ0n) is 36.1. The van der Waals surface area contributed by atoms with Crippen LogP contribution in [0.3, 0.4) is 0 Å². The summed E-state index contributed by atoms with van der Waals surface area (Å²) in [6.07, 6.45) is 5.34. The summed E-state index contributed by atoms with van der Waals surface area (Å²) < 4.78 is 9.04.